The first kappa shape index (κ1) is 11.7. The van der Waals surface area contributed by atoms with Gasteiger partial charge in [-0.15, -0.1) is 0 Å². The Labute approximate surface area is 87.7 Å². The van der Waals surface area contributed by atoms with Crippen LogP contribution in [-0.2, 0) is 4.79 Å². The number of carboxylic acid groups (broad SMARTS) is 1. The van der Waals surface area contributed by atoms with E-state index >= 15 is 0 Å². The first-order valence-electron chi connectivity index (χ1n) is 4.76. The van der Waals surface area contributed by atoms with Crippen LogP contribution in [0.1, 0.15) is 25.1 Å². The van der Waals surface area contributed by atoms with Crippen LogP contribution in [0, 0.1) is 0 Å². The van der Waals surface area contributed by atoms with Gasteiger partial charge in [-0.1, -0.05) is 0 Å². The molecule has 0 amide bonds. The number of aliphatic carboxylic acids is 1. The molecule has 15 heavy (non-hydrogen) atoms. The van der Waals surface area contributed by atoms with E-state index in [4.69, 9.17) is 9.52 Å². The molecule has 0 radical (unpaired) electrons. The fourth-order valence-electron chi connectivity index (χ4n) is 1.22. The lowest BCUT2D eigenvalue weighted by atomic mass is 10.2. The molecule has 5 nitrogen and oxygen atoms in total. The van der Waals surface area contributed by atoms with Crippen molar-refractivity contribution in [2.45, 2.75) is 25.5 Å². The Kier molecular flexibility index (Phi) is 4.33. The minimum Gasteiger partial charge on any atom is -0.481 e. The Morgan fingerprint density at radius 3 is 2.93 bits per heavy atom. The van der Waals surface area contributed by atoms with Gasteiger partial charge in [-0.2, -0.15) is 0 Å². The number of furan rings is 1. The summed E-state index contributed by atoms with van der Waals surface area (Å²) in [4.78, 5) is 10.3. The van der Waals surface area contributed by atoms with Crippen LogP contribution in [0.15, 0.2) is 22.8 Å². The van der Waals surface area contributed by atoms with Crippen molar-refractivity contribution in [3.63, 3.8) is 0 Å². The lowest BCUT2D eigenvalue weighted by molar-refractivity contribution is -0.139. The molecule has 2 atom stereocenters. The lowest BCUT2D eigenvalue weighted by Gasteiger charge is -2.14. The highest BCUT2D eigenvalue weighted by Crippen LogP contribution is 2.11. The molecule has 1 rings (SSSR count). The topological polar surface area (TPSA) is 82.7 Å². The predicted molar refractivity (Wildman–Crippen MR) is 53.4 cm³/mol. The van der Waals surface area contributed by atoms with E-state index < -0.39 is 12.1 Å². The highest BCUT2D eigenvalue weighted by molar-refractivity contribution is 5.67. The van der Waals surface area contributed by atoms with Crippen molar-refractivity contribution in [3.8, 4) is 0 Å². The maximum atomic E-state index is 10.3. The van der Waals surface area contributed by atoms with Gasteiger partial charge < -0.3 is 19.9 Å². The monoisotopic (exact) mass is 213 g/mol. The van der Waals surface area contributed by atoms with Crippen molar-refractivity contribution in [3.05, 3.63) is 24.2 Å². The van der Waals surface area contributed by atoms with Gasteiger partial charge in [-0.3, -0.25) is 4.79 Å². The fourth-order valence-corrected chi connectivity index (χ4v) is 1.22. The van der Waals surface area contributed by atoms with E-state index in [0.717, 1.165) is 5.76 Å². The van der Waals surface area contributed by atoms with Gasteiger partial charge in [0.05, 0.1) is 24.8 Å². The number of hydrogen-bond donors (Lipinski definition) is 3. The summed E-state index contributed by atoms with van der Waals surface area (Å²) in [5.41, 5.74) is 0. The van der Waals surface area contributed by atoms with Gasteiger partial charge in [0.1, 0.15) is 5.76 Å². The molecule has 0 saturated carbocycles. The molecule has 1 unspecified atom stereocenters. The molecular weight excluding hydrogens is 198 g/mol. The summed E-state index contributed by atoms with van der Waals surface area (Å²) in [6, 6.07) is 3.56. The van der Waals surface area contributed by atoms with E-state index in [1.165, 1.54) is 0 Å². The van der Waals surface area contributed by atoms with Crippen molar-refractivity contribution in [1.82, 2.24) is 5.32 Å². The quantitative estimate of drug-likeness (QED) is 0.650. The Morgan fingerprint density at radius 1 is 1.67 bits per heavy atom. The second kappa shape index (κ2) is 5.53. The van der Waals surface area contributed by atoms with E-state index in [2.05, 4.69) is 5.32 Å². The molecule has 84 valence electrons. The van der Waals surface area contributed by atoms with Crippen LogP contribution in [0.25, 0.3) is 0 Å². The number of nitrogens with one attached hydrogen (secondary N) is 1. The maximum absolute atomic E-state index is 10.3. The van der Waals surface area contributed by atoms with Gasteiger partial charge in [0, 0.05) is 6.54 Å². The number of aliphatic hydroxyl groups excluding tert-OH is 1. The van der Waals surface area contributed by atoms with Crippen molar-refractivity contribution >= 4 is 5.97 Å². The van der Waals surface area contributed by atoms with Crippen LogP contribution in [-0.4, -0.2) is 28.8 Å². The van der Waals surface area contributed by atoms with Crippen LogP contribution in [0.3, 0.4) is 0 Å². The van der Waals surface area contributed by atoms with Crippen molar-refractivity contribution < 1.29 is 19.4 Å². The third-order valence-electron chi connectivity index (χ3n) is 2.04. The zero-order valence-electron chi connectivity index (χ0n) is 8.51. The number of hydrogen-bond acceptors (Lipinski definition) is 4. The third-order valence-corrected chi connectivity index (χ3v) is 2.04. The van der Waals surface area contributed by atoms with Gasteiger partial charge in [0.2, 0.25) is 0 Å². The first-order valence-corrected chi connectivity index (χ1v) is 4.76. The number of rotatable bonds is 6. The Balaban J connectivity index is 2.28. The second-order valence-electron chi connectivity index (χ2n) is 3.40. The molecule has 1 aromatic heterocycles. The number of carbonyl (C=O) groups is 1. The molecule has 0 aliphatic rings. The molecule has 0 aliphatic heterocycles. The standard InChI is InChI=1S/C10H15NO4/c1-7(9-3-2-4-15-9)11-6-8(12)5-10(13)14/h2-4,7-8,11-12H,5-6H2,1H3,(H,13,14)/t7-,8?/m1/s1. The summed E-state index contributed by atoms with van der Waals surface area (Å²) in [6.07, 6.45) is 0.443. The van der Waals surface area contributed by atoms with Crippen LogP contribution in [0.4, 0.5) is 0 Å². The van der Waals surface area contributed by atoms with E-state index in [0.29, 0.717) is 0 Å². The fraction of sp³-hybridized carbons (Fsp3) is 0.500. The molecule has 0 aromatic carbocycles. The Morgan fingerprint density at radius 2 is 2.40 bits per heavy atom. The average molecular weight is 213 g/mol. The SMILES string of the molecule is C[C@@H](NCC(O)CC(=O)O)c1ccco1. The summed E-state index contributed by atoms with van der Waals surface area (Å²) in [5, 5.41) is 20.7. The van der Waals surface area contributed by atoms with E-state index in [1.807, 2.05) is 13.0 Å². The van der Waals surface area contributed by atoms with E-state index in [9.17, 15) is 9.90 Å². The highest BCUT2D eigenvalue weighted by Gasteiger charge is 2.12. The molecule has 3 N–H and O–H groups in total. The maximum Gasteiger partial charge on any atom is 0.306 e. The zero-order chi connectivity index (χ0) is 11.3. The summed E-state index contributed by atoms with van der Waals surface area (Å²) in [6.45, 7) is 2.11. The van der Waals surface area contributed by atoms with Gasteiger partial charge in [0.15, 0.2) is 0 Å². The zero-order valence-corrected chi connectivity index (χ0v) is 8.51. The molecule has 1 heterocycles. The van der Waals surface area contributed by atoms with Gasteiger partial charge in [-0.05, 0) is 19.1 Å². The lowest BCUT2D eigenvalue weighted by Crippen LogP contribution is -2.30. The van der Waals surface area contributed by atoms with Gasteiger partial charge >= 0.3 is 5.97 Å². The largest absolute Gasteiger partial charge is 0.481 e. The Hall–Kier alpha value is -1.33. The van der Waals surface area contributed by atoms with Crippen molar-refractivity contribution in [1.29, 1.82) is 0 Å². The number of aliphatic hydroxyl groups is 1. The second-order valence-corrected chi connectivity index (χ2v) is 3.40. The smallest absolute Gasteiger partial charge is 0.306 e. The molecule has 0 bridgehead atoms. The third kappa shape index (κ3) is 4.14. The summed E-state index contributed by atoms with van der Waals surface area (Å²) < 4.78 is 5.15. The minimum atomic E-state index is -1.00. The van der Waals surface area contributed by atoms with Crippen molar-refractivity contribution in [2.24, 2.45) is 0 Å². The first-order chi connectivity index (χ1) is 7.09. The molecule has 0 saturated heterocycles. The molecule has 1 aromatic rings. The summed E-state index contributed by atoms with van der Waals surface area (Å²) in [5.74, 6) is -0.243. The number of carboxylic acids is 1. The minimum absolute atomic E-state index is 0.0385. The van der Waals surface area contributed by atoms with E-state index in [-0.39, 0.29) is 19.0 Å². The van der Waals surface area contributed by atoms with Crippen molar-refractivity contribution in [2.75, 3.05) is 6.54 Å². The summed E-state index contributed by atoms with van der Waals surface area (Å²) >= 11 is 0. The van der Waals surface area contributed by atoms with Crippen LogP contribution < -0.4 is 5.32 Å². The van der Waals surface area contributed by atoms with E-state index in [1.54, 1.807) is 12.3 Å². The molecule has 0 aliphatic carbocycles. The van der Waals surface area contributed by atoms with Gasteiger partial charge in [0.25, 0.3) is 0 Å². The summed E-state index contributed by atoms with van der Waals surface area (Å²) in [7, 11) is 0. The normalized spacial score (nSPS) is 14.8. The Bertz CT molecular complexity index is 296. The molecule has 5 heteroatoms. The molecular formula is C10H15NO4. The highest BCUT2D eigenvalue weighted by atomic mass is 16.4. The van der Waals surface area contributed by atoms with Gasteiger partial charge in [-0.25, -0.2) is 0 Å². The predicted octanol–water partition coefficient (Wildman–Crippen LogP) is 0.766. The van der Waals surface area contributed by atoms with Crippen LogP contribution in [0.5, 0.6) is 0 Å². The van der Waals surface area contributed by atoms with Crippen LogP contribution in [0.2, 0.25) is 0 Å². The molecule has 0 fully saturated rings. The average Bonchev–Trinajstić information content (AvgIpc) is 2.65. The molecule has 0 spiro atoms. The van der Waals surface area contributed by atoms with Crippen LogP contribution >= 0.6 is 0 Å².